The van der Waals surface area contributed by atoms with Crippen LogP contribution in [0.2, 0.25) is 0 Å². The van der Waals surface area contributed by atoms with Gasteiger partial charge in [-0.3, -0.25) is 4.79 Å². The highest BCUT2D eigenvalue weighted by Gasteiger charge is 2.32. The number of nitrogens with one attached hydrogen (secondary N) is 3. The number of rotatable bonds is 4. The highest BCUT2D eigenvalue weighted by molar-refractivity contribution is 5.89. The van der Waals surface area contributed by atoms with Gasteiger partial charge in [0, 0.05) is 18.8 Å². The van der Waals surface area contributed by atoms with E-state index >= 15 is 0 Å². The van der Waals surface area contributed by atoms with Gasteiger partial charge < -0.3 is 16.0 Å². The minimum absolute atomic E-state index is 0.0461. The predicted molar refractivity (Wildman–Crippen MR) is 97.0 cm³/mol. The molecule has 24 heavy (non-hydrogen) atoms. The Morgan fingerprint density at radius 3 is 2.71 bits per heavy atom. The highest BCUT2D eigenvalue weighted by atomic mass is 16.2. The zero-order valence-corrected chi connectivity index (χ0v) is 15.1. The van der Waals surface area contributed by atoms with Crippen LogP contribution in [0, 0.1) is 11.3 Å². The van der Waals surface area contributed by atoms with E-state index in [9.17, 15) is 9.59 Å². The first-order valence-corrected chi connectivity index (χ1v) is 8.66. The van der Waals surface area contributed by atoms with Crippen LogP contribution in [0.1, 0.15) is 45.6 Å². The van der Waals surface area contributed by atoms with Gasteiger partial charge in [0.1, 0.15) is 0 Å². The van der Waals surface area contributed by atoms with Crippen molar-refractivity contribution in [2.45, 2.75) is 52.5 Å². The molecule has 1 fully saturated rings. The second-order valence-electron chi connectivity index (χ2n) is 7.64. The first-order chi connectivity index (χ1) is 11.3. The standard InChI is InChI=1S/C19H29N3O2/c1-13-12-19(2,3)9-8-16(13)22-18(24)21-15-7-5-6-14(10-15)11-17(23)20-4/h5-7,10,13,16H,8-9,11-12H2,1-4H3,(H,20,23)(H2,21,22,24). The summed E-state index contributed by atoms with van der Waals surface area (Å²) in [5.74, 6) is 0.425. The number of amides is 3. The van der Waals surface area contributed by atoms with Crippen LogP contribution in [-0.2, 0) is 11.2 Å². The number of carbonyl (C=O) groups excluding carboxylic acids is 2. The van der Waals surface area contributed by atoms with Crippen LogP contribution in [-0.4, -0.2) is 25.0 Å². The molecule has 1 aromatic carbocycles. The molecule has 132 valence electrons. The molecule has 1 aliphatic rings. The Kier molecular flexibility index (Phi) is 5.86. The van der Waals surface area contributed by atoms with Crippen molar-refractivity contribution in [1.29, 1.82) is 0 Å². The largest absolute Gasteiger partial charge is 0.359 e. The Morgan fingerprint density at radius 1 is 1.29 bits per heavy atom. The minimum atomic E-state index is -0.177. The third-order valence-corrected chi connectivity index (χ3v) is 4.84. The smallest absolute Gasteiger partial charge is 0.319 e. The van der Waals surface area contributed by atoms with Gasteiger partial charge in [-0.05, 0) is 48.3 Å². The van der Waals surface area contributed by atoms with E-state index in [0.29, 0.717) is 23.4 Å². The quantitative estimate of drug-likeness (QED) is 0.792. The van der Waals surface area contributed by atoms with Crippen LogP contribution in [0.15, 0.2) is 24.3 Å². The zero-order chi connectivity index (χ0) is 17.7. The highest BCUT2D eigenvalue weighted by Crippen LogP contribution is 2.38. The van der Waals surface area contributed by atoms with Crippen molar-refractivity contribution in [1.82, 2.24) is 10.6 Å². The lowest BCUT2D eigenvalue weighted by Crippen LogP contribution is -2.46. The molecule has 0 saturated heterocycles. The molecular weight excluding hydrogens is 302 g/mol. The zero-order valence-electron chi connectivity index (χ0n) is 15.1. The Balaban J connectivity index is 1.90. The summed E-state index contributed by atoms with van der Waals surface area (Å²) in [6.45, 7) is 6.78. The van der Waals surface area contributed by atoms with E-state index < -0.39 is 0 Å². The summed E-state index contributed by atoms with van der Waals surface area (Å²) in [4.78, 5) is 23.7. The van der Waals surface area contributed by atoms with Crippen molar-refractivity contribution in [3.05, 3.63) is 29.8 Å². The van der Waals surface area contributed by atoms with Gasteiger partial charge in [0.25, 0.3) is 0 Å². The average molecular weight is 331 g/mol. The van der Waals surface area contributed by atoms with E-state index in [0.717, 1.165) is 24.8 Å². The van der Waals surface area contributed by atoms with Crippen LogP contribution in [0.4, 0.5) is 10.5 Å². The molecule has 5 nitrogen and oxygen atoms in total. The summed E-state index contributed by atoms with van der Waals surface area (Å²) < 4.78 is 0. The van der Waals surface area contributed by atoms with E-state index in [1.807, 2.05) is 24.3 Å². The molecule has 3 amide bonds. The number of urea groups is 1. The number of likely N-dealkylation sites (N-methyl/N-ethyl adjacent to an activating group) is 1. The maximum Gasteiger partial charge on any atom is 0.319 e. The molecule has 2 atom stereocenters. The summed E-state index contributed by atoms with van der Waals surface area (Å²) in [5.41, 5.74) is 1.94. The number of hydrogen-bond acceptors (Lipinski definition) is 2. The molecule has 1 aromatic rings. The summed E-state index contributed by atoms with van der Waals surface area (Å²) in [6.07, 6.45) is 3.57. The monoisotopic (exact) mass is 331 g/mol. The van der Waals surface area contributed by atoms with E-state index in [4.69, 9.17) is 0 Å². The van der Waals surface area contributed by atoms with Gasteiger partial charge in [0.05, 0.1) is 6.42 Å². The van der Waals surface area contributed by atoms with Gasteiger partial charge in [-0.2, -0.15) is 0 Å². The molecule has 0 bridgehead atoms. The third-order valence-electron chi connectivity index (χ3n) is 4.84. The van der Waals surface area contributed by atoms with Gasteiger partial charge in [-0.1, -0.05) is 32.9 Å². The Labute approximate surface area is 144 Å². The molecule has 0 radical (unpaired) electrons. The topological polar surface area (TPSA) is 70.2 Å². The predicted octanol–water partition coefficient (Wildman–Crippen LogP) is 3.31. The molecular formula is C19H29N3O2. The number of benzene rings is 1. The lowest BCUT2D eigenvalue weighted by atomic mass is 9.70. The van der Waals surface area contributed by atoms with Crippen LogP contribution < -0.4 is 16.0 Å². The molecule has 5 heteroatoms. The number of carbonyl (C=O) groups is 2. The fourth-order valence-corrected chi connectivity index (χ4v) is 3.53. The lowest BCUT2D eigenvalue weighted by Gasteiger charge is -2.39. The summed E-state index contributed by atoms with van der Waals surface area (Å²) in [5, 5.41) is 8.58. The van der Waals surface area contributed by atoms with Gasteiger partial charge in [-0.25, -0.2) is 4.79 Å². The Morgan fingerprint density at radius 2 is 2.04 bits per heavy atom. The van der Waals surface area contributed by atoms with Gasteiger partial charge >= 0.3 is 6.03 Å². The number of hydrogen-bond donors (Lipinski definition) is 3. The van der Waals surface area contributed by atoms with Crippen molar-refractivity contribution >= 4 is 17.6 Å². The molecule has 0 heterocycles. The van der Waals surface area contributed by atoms with Crippen molar-refractivity contribution in [2.24, 2.45) is 11.3 Å². The molecule has 3 N–H and O–H groups in total. The molecule has 1 saturated carbocycles. The molecule has 0 aliphatic heterocycles. The fraction of sp³-hybridized carbons (Fsp3) is 0.579. The summed E-state index contributed by atoms with van der Waals surface area (Å²) >= 11 is 0. The van der Waals surface area contributed by atoms with Crippen LogP contribution in [0.25, 0.3) is 0 Å². The number of anilines is 1. The van der Waals surface area contributed by atoms with Gasteiger partial charge in [0.15, 0.2) is 0 Å². The van der Waals surface area contributed by atoms with Gasteiger partial charge in [-0.15, -0.1) is 0 Å². The second-order valence-corrected chi connectivity index (χ2v) is 7.64. The minimum Gasteiger partial charge on any atom is -0.359 e. The van der Waals surface area contributed by atoms with Crippen molar-refractivity contribution in [3.8, 4) is 0 Å². The first-order valence-electron chi connectivity index (χ1n) is 8.66. The molecule has 1 aliphatic carbocycles. The Bertz CT molecular complexity index is 598. The van der Waals surface area contributed by atoms with Crippen LogP contribution in [0.5, 0.6) is 0 Å². The van der Waals surface area contributed by atoms with Crippen molar-refractivity contribution in [2.75, 3.05) is 12.4 Å². The molecule has 2 unspecified atom stereocenters. The van der Waals surface area contributed by atoms with E-state index in [1.165, 1.54) is 0 Å². The van der Waals surface area contributed by atoms with Crippen LogP contribution >= 0.6 is 0 Å². The lowest BCUT2D eigenvalue weighted by molar-refractivity contribution is -0.119. The van der Waals surface area contributed by atoms with Crippen molar-refractivity contribution in [3.63, 3.8) is 0 Å². The van der Waals surface area contributed by atoms with E-state index in [-0.39, 0.29) is 18.0 Å². The average Bonchev–Trinajstić information content (AvgIpc) is 2.50. The van der Waals surface area contributed by atoms with Crippen molar-refractivity contribution < 1.29 is 9.59 Å². The SMILES string of the molecule is CNC(=O)Cc1cccc(NC(=O)NC2CCC(C)(C)CC2C)c1. The first kappa shape index (κ1) is 18.3. The van der Waals surface area contributed by atoms with Crippen LogP contribution in [0.3, 0.4) is 0 Å². The van der Waals surface area contributed by atoms with E-state index in [1.54, 1.807) is 7.05 Å². The third kappa shape index (κ3) is 5.25. The maximum absolute atomic E-state index is 12.3. The second kappa shape index (κ2) is 7.69. The summed E-state index contributed by atoms with van der Waals surface area (Å²) in [6, 6.07) is 7.43. The fourth-order valence-electron chi connectivity index (χ4n) is 3.53. The normalized spacial score (nSPS) is 22.5. The maximum atomic E-state index is 12.3. The van der Waals surface area contributed by atoms with Gasteiger partial charge in [0.2, 0.25) is 5.91 Å². The molecule has 0 spiro atoms. The molecule has 0 aromatic heterocycles. The van der Waals surface area contributed by atoms with E-state index in [2.05, 4.69) is 36.7 Å². The summed E-state index contributed by atoms with van der Waals surface area (Å²) in [7, 11) is 1.62. The molecule has 2 rings (SSSR count). The Hall–Kier alpha value is -2.04.